The first-order chi connectivity index (χ1) is 8.90. The van der Waals surface area contributed by atoms with Gasteiger partial charge in [-0.15, -0.1) is 0 Å². The highest BCUT2D eigenvalue weighted by Crippen LogP contribution is 2.30. The monoisotopic (exact) mass is 298 g/mol. The molecule has 5 heteroatoms. The van der Waals surface area contributed by atoms with Gasteiger partial charge in [-0.3, -0.25) is 0 Å². The predicted octanol–water partition coefficient (Wildman–Crippen LogP) is 5.02. The Morgan fingerprint density at radius 1 is 1.16 bits per heavy atom. The zero-order valence-corrected chi connectivity index (χ0v) is 12.3. The van der Waals surface area contributed by atoms with Crippen molar-refractivity contribution in [2.24, 2.45) is 0 Å². The Morgan fingerprint density at radius 3 is 2.42 bits per heavy atom. The van der Waals surface area contributed by atoms with E-state index in [2.05, 4.69) is 9.97 Å². The molecule has 0 N–H and O–H groups in total. The Bertz CT molecular complexity index is 627. The van der Waals surface area contributed by atoms with E-state index in [1.807, 2.05) is 13.8 Å². The fraction of sp³-hybridized carbons (Fsp3) is 0.286. The van der Waals surface area contributed by atoms with E-state index < -0.39 is 5.82 Å². The van der Waals surface area contributed by atoms with E-state index in [0.29, 0.717) is 32.8 Å². The standard InChI is InChI=1S/C14H13Cl2FN2/c1-7(2)14-18-12(8(3)13(16)19-14)10-5-4-9(15)6-11(10)17/h4-7H,1-3H3. The van der Waals surface area contributed by atoms with Crippen molar-refractivity contribution in [2.75, 3.05) is 0 Å². The number of rotatable bonds is 2. The van der Waals surface area contributed by atoms with Gasteiger partial charge in [0, 0.05) is 22.1 Å². The highest BCUT2D eigenvalue weighted by molar-refractivity contribution is 6.31. The summed E-state index contributed by atoms with van der Waals surface area (Å²) >= 11 is 11.9. The summed E-state index contributed by atoms with van der Waals surface area (Å²) in [6.07, 6.45) is 0. The van der Waals surface area contributed by atoms with Crippen LogP contribution < -0.4 is 0 Å². The van der Waals surface area contributed by atoms with Crippen LogP contribution in [0.1, 0.15) is 31.2 Å². The van der Waals surface area contributed by atoms with Crippen LogP contribution in [0.25, 0.3) is 11.3 Å². The molecule has 100 valence electrons. The molecule has 0 bridgehead atoms. The third kappa shape index (κ3) is 2.88. The molecule has 1 aromatic heterocycles. The van der Waals surface area contributed by atoms with Crippen molar-refractivity contribution < 1.29 is 4.39 Å². The molecule has 0 amide bonds. The first-order valence-corrected chi connectivity index (χ1v) is 6.65. The number of hydrogen-bond acceptors (Lipinski definition) is 2. The largest absolute Gasteiger partial charge is 0.232 e. The fourth-order valence-corrected chi connectivity index (χ4v) is 2.04. The van der Waals surface area contributed by atoms with Crippen LogP contribution >= 0.6 is 23.2 Å². The van der Waals surface area contributed by atoms with Gasteiger partial charge in [0.05, 0.1) is 5.69 Å². The van der Waals surface area contributed by atoms with Crippen molar-refractivity contribution in [1.82, 2.24) is 9.97 Å². The normalized spacial score (nSPS) is 11.1. The van der Waals surface area contributed by atoms with Crippen LogP contribution in [0.15, 0.2) is 18.2 Å². The molecule has 0 saturated carbocycles. The van der Waals surface area contributed by atoms with Crippen molar-refractivity contribution in [3.63, 3.8) is 0 Å². The van der Waals surface area contributed by atoms with Gasteiger partial charge in [-0.2, -0.15) is 0 Å². The molecule has 0 aliphatic carbocycles. The minimum atomic E-state index is -0.417. The maximum absolute atomic E-state index is 14.0. The minimum absolute atomic E-state index is 0.118. The van der Waals surface area contributed by atoms with Gasteiger partial charge >= 0.3 is 0 Å². The van der Waals surface area contributed by atoms with Crippen LogP contribution in [0, 0.1) is 12.7 Å². The molecule has 1 aromatic carbocycles. The lowest BCUT2D eigenvalue weighted by molar-refractivity contribution is 0.630. The minimum Gasteiger partial charge on any atom is -0.232 e. The van der Waals surface area contributed by atoms with Gasteiger partial charge in [0.15, 0.2) is 0 Å². The second kappa shape index (κ2) is 5.43. The summed E-state index contributed by atoms with van der Waals surface area (Å²) in [5.74, 6) is 0.298. The van der Waals surface area contributed by atoms with Crippen molar-refractivity contribution in [2.45, 2.75) is 26.7 Å². The molecule has 0 aliphatic rings. The number of benzene rings is 1. The molecular formula is C14H13Cl2FN2. The summed E-state index contributed by atoms with van der Waals surface area (Å²) < 4.78 is 14.0. The maximum Gasteiger partial charge on any atom is 0.136 e. The summed E-state index contributed by atoms with van der Waals surface area (Å²) in [6.45, 7) is 5.70. The SMILES string of the molecule is Cc1c(Cl)nc(C(C)C)nc1-c1ccc(Cl)cc1F. The zero-order chi connectivity index (χ0) is 14.2. The Labute approximate surface area is 121 Å². The summed E-state index contributed by atoms with van der Waals surface area (Å²) in [5, 5.41) is 0.700. The molecule has 0 fully saturated rings. The molecule has 1 heterocycles. The smallest absolute Gasteiger partial charge is 0.136 e. The molecule has 2 nitrogen and oxygen atoms in total. The summed E-state index contributed by atoms with van der Waals surface area (Å²) in [5.41, 5.74) is 1.55. The predicted molar refractivity (Wildman–Crippen MR) is 76.3 cm³/mol. The Morgan fingerprint density at radius 2 is 1.84 bits per heavy atom. The molecule has 0 unspecified atom stereocenters. The number of hydrogen-bond donors (Lipinski definition) is 0. The molecule has 0 saturated heterocycles. The second-order valence-electron chi connectivity index (χ2n) is 4.63. The number of aromatic nitrogens is 2. The molecule has 2 rings (SSSR count). The lowest BCUT2D eigenvalue weighted by Crippen LogP contribution is -2.03. The van der Waals surface area contributed by atoms with Crippen molar-refractivity contribution in [3.8, 4) is 11.3 Å². The fourth-order valence-electron chi connectivity index (χ4n) is 1.71. The Kier molecular flexibility index (Phi) is 4.07. The van der Waals surface area contributed by atoms with Crippen LogP contribution in [0.5, 0.6) is 0 Å². The average molecular weight is 299 g/mol. The van der Waals surface area contributed by atoms with Crippen molar-refractivity contribution in [1.29, 1.82) is 0 Å². The molecule has 2 aromatic rings. The number of halogens is 3. The van der Waals surface area contributed by atoms with E-state index in [9.17, 15) is 4.39 Å². The molecule has 0 spiro atoms. The summed E-state index contributed by atoms with van der Waals surface area (Å²) in [6, 6.07) is 4.50. The molecule has 0 aliphatic heterocycles. The highest BCUT2D eigenvalue weighted by atomic mass is 35.5. The average Bonchev–Trinajstić information content (AvgIpc) is 2.33. The van der Waals surface area contributed by atoms with E-state index in [0.717, 1.165) is 0 Å². The van der Waals surface area contributed by atoms with Gasteiger partial charge in [-0.05, 0) is 25.1 Å². The van der Waals surface area contributed by atoms with E-state index in [1.165, 1.54) is 6.07 Å². The van der Waals surface area contributed by atoms with Crippen LogP contribution in [0.4, 0.5) is 4.39 Å². The van der Waals surface area contributed by atoms with E-state index >= 15 is 0 Å². The maximum atomic E-state index is 14.0. The van der Waals surface area contributed by atoms with Gasteiger partial charge in [-0.25, -0.2) is 14.4 Å². The third-order valence-corrected chi connectivity index (χ3v) is 3.41. The lowest BCUT2D eigenvalue weighted by Gasteiger charge is -2.12. The topological polar surface area (TPSA) is 25.8 Å². The van der Waals surface area contributed by atoms with Crippen LogP contribution in [-0.4, -0.2) is 9.97 Å². The Hall–Kier alpha value is -1.19. The third-order valence-electron chi connectivity index (χ3n) is 2.81. The second-order valence-corrected chi connectivity index (χ2v) is 5.42. The molecule has 0 radical (unpaired) electrons. The quantitative estimate of drug-likeness (QED) is 0.727. The van der Waals surface area contributed by atoms with Crippen LogP contribution in [-0.2, 0) is 0 Å². The van der Waals surface area contributed by atoms with Gasteiger partial charge in [0.25, 0.3) is 0 Å². The first kappa shape index (κ1) is 14.2. The first-order valence-electron chi connectivity index (χ1n) is 5.89. The highest BCUT2D eigenvalue weighted by Gasteiger charge is 2.16. The van der Waals surface area contributed by atoms with Gasteiger partial charge < -0.3 is 0 Å². The number of nitrogens with zero attached hydrogens (tertiary/aromatic N) is 2. The van der Waals surface area contributed by atoms with Crippen molar-refractivity contribution >= 4 is 23.2 Å². The van der Waals surface area contributed by atoms with E-state index in [-0.39, 0.29) is 5.92 Å². The van der Waals surface area contributed by atoms with Crippen molar-refractivity contribution in [3.05, 3.63) is 45.6 Å². The van der Waals surface area contributed by atoms with Crippen LogP contribution in [0.3, 0.4) is 0 Å². The Balaban J connectivity index is 2.67. The van der Waals surface area contributed by atoms with E-state index in [1.54, 1.807) is 19.1 Å². The van der Waals surface area contributed by atoms with E-state index in [4.69, 9.17) is 23.2 Å². The van der Waals surface area contributed by atoms with Crippen LogP contribution in [0.2, 0.25) is 10.2 Å². The summed E-state index contributed by atoms with van der Waals surface area (Å²) in [4.78, 5) is 8.63. The van der Waals surface area contributed by atoms with Gasteiger partial charge in [0.2, 0.25) is 0 Å². The van der Waals surface area contributed by atoms with Gasteiger partial charge in [0.1, 0.15) is 16.8 Å². The lowest BCUT2D eigenvalue weighted by atomic mass is 10.1. The zero-order valence-electron chi connectivity index (χ0n) is 10.8. The summed E-state index contributed by atoms with van der Waals surface area (Å²) in [7, 11) is 0. The van der Waals surface area contributed by atoms with Gasteiger partial charge in [-0.1, -0.05) is 37.0 Å². The molecule has 0 atom stereocenters. The molecule has 19 heavy (non-hydrogen) atoms. The molecular weight excluding hydrogens is 286 g/mol.